The molecule has 36 heavy (non-hydrogen) atoms. The van der Waals surface area contributed by atoms with E-state index in [1.807, 2.05) is 34.9 Å². The van der Waals surface area contributed by atoms with Crippen molar-refractivity contribution in [3.8, 4) is 0 Å². The van der Waals surface area contributed by atoms with Crippen molar-refractivity contribution in [2.24, 2.45) is 5.92 Å². The molecule has 5 rings (SSSR count). The SMILES string of the molecule is O=C(Nc1cccc(C(F)(F)F)c1)C1CCN(c2nc3ccccc3n2Cc2cccc(F)c2)CC1. The minimum Gasteiger partial charge on any atom is -0.342 e. The van der Waals surface area contributed by atoms with Crippen LogP contribution in [0.3, 0.4) is 0 Å². The van der Waals surface area contributed by atoms with E-state index in [1.165, 1.54) is 24.3 Å². The van der Waals surface area contributed by atoms with Gasteiger partial charge in [-0.05, 0) is 60.9 Å². The maximum Gasteiger partial charge on any atom is 0.416 e. The number of hydrogen-bond donors (Lipinski definition) is 1. The molecule has 2 heterocycles. The van der Waals surface area contributed by atoms with Crippen molar-refractivity contribution in [2.45, 2.75) is 25.6 Å². The third kappa shape index (κ3) is 5.05. The molecule has 1 fully saturated rings. The maximum absolute atomic E-state index is 13.8. The number of amides is 1. The Morgan fingerprint density at radius 3 is 2.47 bits per heavy atom. The van der Waals surface area contributed by atoms with Crippen LogP contribution in [0, 0.1) is 11.7 Å². The highest BCUT2D eigenvalue weighted by Crippen LogP contribution is 2.32. The van der Waals surface area contributed by atoms with Crippen LogP contribution in [-0.4, -0.2) is 28.5 Å². The molecule has 186 valence electrons. The van der Waals surface area contributed by atoms with Crippen molar-refractivity contribution >= 4 is 28.6 Å². The Hall–Kier alpha value is -3.88. The van der Waals surface area contributed by atoms with E-state index < -0.39 is 11.7 Å². The largest absolute Gasteiger partial charge is 0.416 e. The standard InChI is InChI=1S/C27H24F4N4O/c28-21-7-3-5-18(15-21)17-35-24-10-2-1-9-23(24)33-26(35)34-13-11-19(12-14-34)25(36)32-22-8-4-6-20(16-22)27(29,30)31/h1-10,15-16,19H,11-14,17H2,(H,32,36). The molecule has 1 saturated heterocycles. The number of piperidine rings is 1. The molecular formula is C27H24F4N4O. The van der Waals surface area contributed by atoms with Gasteiger partial charge in [-0.25, -0.2) is 9.37 Å². The zero-order valence-corrected chi connectivity index (χ0v) is 19.3. The number of hydrogen-bond acceptors (Lipinski definition) is 3. The molecule has 5 nitrogen and oxygen atoms in total. The summed E-state index contributed by atoms with van der Waals surface area (Å²) >= 11 is 0. The monoisotopic (exact) mass is 496 g/mol. The molecule has 0 unspecified atom stereocenters. The number of halogens is 4. The van der Waals surface area contributed by atoms with Crippen molar-refractivity contribution in [2.75, 3.05) is 23.3 Å². The van der Waals surface area contributed by atoms with Gasteiger partial charge >= 0.3 is 6.18 Å². The highest BCUT2D eigenvalue weighted by Gasteiger charge is 2.31. The second-order valence-electron chi connectivity index (χ2n) is 8.95. The predicted octanol–water partition coefficient (Wildman–Crippen LogP) is 6.10. The van der Waals surface area contributed by atoms with Gasteiger partial charge in [0.25, 0.3) is 0 Å². The summed E-state index contributed by atoms with van der Waals surface area (Å²) in [5, 5.41) is 2.64. The summed E-state index contributed by atoms with van der Waals surface area (Å²) in [5.41, 5.74) is 1.91. The van der Waals surface area contributed by atoms with Crippen LogP contribution in [0.4, 0.5) is 29.2 Å². The first kappa shape index (κ1) is 23.8. The van der Waals surface area contributed by atoms with Crippen molar-refractivity contribution in [1.82, 2.24) is 9.55 Å². The lowest BCUT2D eigenvalue weighted by molar-refractivity contribution is -0.137. The summed E-state index contributed by atoms with van der Waals surface area (Å²) in [7, 11) is 0. The molecule has 0 aliphatic carbocycles. The van der Waals surface area contributed by atoms with E-state index in [1.54, 1.807) is 6.07 Å². The first-order valence-corrected chi connectivity index (χ1v) is 11.7. The van der Waals surface area contributed by atoms with Crippen molar-refractivity contribution < 1.29 is 22.4 Å². The van der Waals surface area contributed by atoms with Gasteiger partial charge < -0.3 is 14.8 Å². The van der Waals surface area contributed by atoms with Crippen LogP contribution < -0.4 is 10.2 Å². The number of benzene rings is 3. The normalized spacial score (nSPS) is 14.8. The topological polar surface area (TPSA) is 50.2 Å². The Balaban J connectivity index is 1.30. The van der Waals surface area contributed by atoms with E-state index >= 15 is 0 Å². The van der Waals surface area contributed by atoms with Gasteiger partial charge in [-0.2, -0.15) is 13.2 Å². The predicted molar refractivity (Wildman–Crippen MR) is 130 cm³/mol. The van der Waals surface area contributed by atoms with Crippen molar-refractivity contribution in [3.63, 3.8) is 0 Å². The van der Waals surface area contributed by atoms with Gasteiger partial charge in [-0.1, -0.05) is 30.3 Å². The molecule has 3 aromatic carbocycles. The van der Waals surface area contributed by atoms with Crippen LogP contribution in [-0.2, 0) is 17.5 Å². The van der Waals surface area contributed by atoms with Gasteiger partial charge in [0.15, 0.2) is 0 Å². The number of rotatable bonds is 5. The molecule has 1 aliphatic rings. The van der Waals surface area contributed by atoms with E-state index in [-0.39, 0.29) is 23.3 Å². The van der Waals surface area contributed by atoms with Crippen LogP contribution in [0.15, 0.2) is 72.8 Å². The number of alkyl halides is 3. The van der Waals surface area contributed by atoms with Gasteiger partial charge in [0, 0.05) is 24.7 Å². The van der Waals surface area contributed by atoms with Crippen LogP contribution >= 0.6 is 0 Å². The van der Waals surface area contributed by atoms with Crippen LogP contribution in [0.5, 0.6) is 0 Å². The number of fused-ring (bicyclic) bond motifs is 1. The van der Waals surface area contributed by atoms with E-state index in [4.69, 9.17) is 4.98 Å². The average Bonchev–Trinajstić information content (AvgIpc) is 3.22. The number of nitrogens with zero attached hydrogens (tertiary/aromatic N) is 3. The van der Waals surface area contributed by atoms with Crippen LogP contribution in [0.25, 0.3) is 11.0 Å². The molecular weight excluding hydrogens is 472 g/mol. The number of carbonyl (C=O) groups excluding carboxylic acids is 1. The number of aromatic nitrogens is 2. The first-order valence-electron chi connectivity index (χ1n) is 11.7. The molecule has 0 bridgehead atoms. The molecule has 1 aliphatic heterocycles. The van der Waals surface area contributed by atoms with Crippen molar-refractivity contribution in [1.29, 1.82) is 0 Å². The second kappa shape index (κ2) is 9.64. The molecule has 9 heteroatoms. The highest BCUT2D eigenvalue weighted by molar-refractivity contribution is 5.92. The fourth-order valence-electron chi connectivity index (χ4n) is 4.64. The Bertz CT molecular complexity index is 1390. The zero-order chi connectivity index (χ0) is 25.3. The minimum absolute atomic E-state index is 0.133. The first-order chi connectivity index (χ1) is 17.3. The summed E-state index contributed by atoms with van der Waals surface area (Å²) in [6.07, 6.45) is -3.40. The Morgan fingerprint density at radius 1 is 0.972 bits per heavy atom. The number of anilines is 2. The third-order valence-electron chi connectivity index (χ3n) is 6.47. The Morgan fingerprint density at radius 2 is 1.72 bits per heavy atom. The number of nitrogens with one attached hydrogen (secondary N) is 1. The van der Waals surface area contributed by atoms with E-state index in [0.717, 1.165) is 34.7 Å². The Kier molecular flexibility index (Phi) is 6.38. The number of carbonyl (C=O) groups is 1. The summed E-state index contributed by atoms with van der Waals surface area (Å²) in [5.74, 6) is -0.164. The smallest absolute Gasteiger partial charge is 0.342 e. The average molecular weight is 497 g/mol. The molecule has 1 N–H and O–H groups in total. The molecule has 1 amide bonds. The summed E-state index contributed by atoms with van der Waals surface area (Å²) < 4.78 is 54.8. The maximum atomic E-state index is 13.8. The lowest BCUT2D eigenvalue weighted by Gasteiger charge is -2.32. The fraction of sp³-hybridized carbons (Fsp3) is 0.259. The Labute approximate surface area is 205 Å². The molecule has 0 atom stereocenters. The summed E-state index contributed by atoms with van der Waals surface area (Å²) in [6.45, 7) is 1.57. The van der Waals surface area contributed by atoms with E-state index in [2.05, 4.69) is 10.2 Å². The van der Waals surface area contributed by atoms with Gasteiger partial charge in [0.2, 0.25) is 11.9 Å². The van der Waals surface area contributed by atoms with Gasteiger partial charge in [0.05, 0.1) is 23.1 Å². The van der Waals surface area contributed by atoms with Crippen LogP contribution in [0.2, 0.25) is 0 Å². The minimum atomic E-state index is -4.47. The van der Waals surface area contributed by atoms with Gasteiger partial charge in [0.1, 0.15) is 5.82 Å². The zero-order valence-electron chi connectivity index (χ0n) is 19.3. The van der Waals surface area contributed by atoms with Gasteiger partial charge in [-0.15, -0.1) is 0 Å². The molecule has 0 radical (unpaired) electrons. The van der Waals surface area contributed by atoms with E-state index in [9.17, 15) is 22.4 Å². The fourth-order valence-corrected chi connectivity index (χ4v) is 4.64. The van der Waals surface area contributed by atoms with Crippen molar-refractivity contribution in [3.05, 3.63) is 89.7 Å². The lowest BCUT2D eigenvalue weighted by Crippen LogP contribution is -2.39. The molecule has 4 aromatic rings. The molecule has 1 aromatic heterocycles. The summed E-state index contributed by atoms with van der Waals surface area (Å²) in [6, 6.07) is 18.9. The van der Waals surface area contributed by atoms with Gasteiger partial charge in [-0.3, -0.25) is 4.79 Å². The second-order valence-corrected chi connectivity index (χ2v) is 8.95. The number of imidazole rings is 1. The highest BCUT2D eigenvalue weighted by atomic mass is 19.4. The lowest BCUT2D eigenvalue weighted by atomic mass is 9.96. The summed E-state index contributed by atoms with van der Waals surface area (Å²) in [4.78, 5) is 19.7. The third-order valence-corrected chi connectivity index (χ3v) is 6.47. The quantitative estimate of drug-likeness (QED) is 0.340. The molecule has 0 saturated carbocycles. The van der Waals surface area contributed by atoms with Crippen LogP contribution in [0.1, 0.15) is 24.0 Å². The van der Waals surface area contributed by atoms with E-state index in [0.29, 0.717) is 32.5 Å². The number of para-hydroxylation sites is 2. The molecule has 0 spiro atoms.